The van der Waals surface area contributed by atoms with E-state index in [1.807, 2.05) is 20.2 Å². The lowest BCUT2D eigenvalue weighted by Gasteiger charge is -2.26. The Morgan fingerprint density at radius 1 is 1.60 bits per heavy atom. The number of likely N-dealkylation sites (N-methyl/N-ethyl adjacent to an activating group) is 1. The van der Waals surface area contributed by atoms with Gasteiger partial charge in [0.1, 0.15) is 0 Å². The van der Waals surface area contributed by atoms with Gasteiger partial charge in [-0.05, 0) is 38.9 Å². The predicted molar refractivity (Wildman–Crippen MR) is 63.3 cm³/mol. The van der Waals surface area contributed by atoms with E-state index in [2.05, 4.69) is 27.3 Å². The Labute approximate surface area is 91.5 Å². The van der Waals surface area contributed by atoms with Crippen molar-refractivity contribution < 1.29 is 0 Å². The van der Waals surface area contributed by atoms with Crippen molar-refractivity contribution >= 4 is 5.69 Å². The van der Waals surface area contributed by atoms with Crippen LogP contribution in [0.25, 0.3) is 0 Å². The maximum atomic E-state index is 4.24. The summed E-state index contributed by atoms with van der Waals surface area (Å²) in [5.41, 5.74) is 2.42. The third-order valence-corrected chi connectivity index (χ3v) is 3.03. The first kappa shape index (κ1) is 10.4. The molecule has 0 aromatic carbocycles. The van der Waals surface area contributed by atoms with Crippen LogP contribution in [0, 0.1) is 6.92 Å². The van der Waals surface area contributed by atoms with Crippen molar-refractivity contribution in [2.24, 2.45) is 0 Å². The highest BCUT2D eigenvalue weighted by atomic mass is 15.2. The minimum Gasteiger partial charge on any atom is -0.367 e. The summed E-state index contributed by atoms with van der Waals surface area (Å²) in [6.45, 7) is 4.30. The number of aromatic nitrogens is 1. The van der Waals surface area contributed by atoms with Crippen molar-refractivity contribution in [1.82, 2.24) is 10.3 Å². The fourth-order valence-corrected chi connectivity index (χ4v) is 2.33. The van der Waals surface area contributed by atoms with E-state index in [9.17, 15) is 0 Å². The highest BCUT2D eigenvalue weighted by molar-refractivity contribution is 5.48. The molecule has 2 heterocycles. The van der Waals surface area contributed by atoms with Gasteiger partial charge in [0.2, 0.25) is 0 Å². The molecule has 0 spiro atoms. The molecule has 1 aliphatic rings. The van der Waals surface area contributed by atoms with Crippen molar-refractivity contribution in [2.75, 3.05) is 25.0 Å². The molecule has 0 amide bonds. The van der Waals surface area contributed by atoms with Gasteiger partial charge in [-0.2, -0.15) is 0 Å². The van der Waals surface area contributed by atoms with Gasteiger partial charge in [-0.1, -0.05) is 0 Å². The van der Waals surface area contributed by atoms with Crippen LogP contribution in [0.1, 0.15) is 18.5 Å². The van der Waals surface area contributed by atoms with Crippen LogP contribution in [0.15, 0.2) is 18.3 Å². The summed E-state index contributed by atoms with van der Waals surface area (Å²) >= 11 is 0. The molecular weight excluding hydrogens is 186 g/mol. The highest BCUT2D eigenvalue weighted by Crippen LogP contribution is 2.24. The molecule has 1 unspecified atom stereocenters. The van der Waals surface area contributed by atoms with E-state index in [0.29, 0.717) is 6.04 Å². The first-order valence-electron chi connectivity index (χ1n) is 5.65. The Bertz CT molecular complexity index is 324. The van der Waals surface area contributed by atoms with Gasteiger partial charge in [-0.25, -0.2) is 0 Å². The maximum Gasteiger partial charge on any atom is 0.0415 e. The van der Waals surface area contributed by atoms with Gasteiger partial charge in [0.25, 0.3) is 0 Å². The summed E-state index contributed by atoms with van der Waals surface area (Å²) in [6.07, 6.45) is 4.50. The number of hydrogen-bond donors (Lipinski definition) is 1. The Kier molecular flexibility index (Phi) is 3.21. The number of pyridine rings is 1. The molecule has 0 radical (unpaired) electrons. The maximum absolute atomic E-state index is 4.24. The molecule has 1 aromatic rings. The molecule has 1 aliphatic heterocycles. The monoisotopic (exact) mass is 205 g/mol. The Morgan fingerprint density at radius 3 is 3.20 bits per heavy atom. The van der Waals surface area contributed by atoms with Crippen LogP contribution in [0.5, 0.6) is 0 Å². The zero-order valence-corrected chi connectivity index (χ0v) is 9.53. The van der Waals surface area contributed by atoms with Gasteiger partial charge < -0.3 is 10.2 Å². The van der Waals surface area contributed by atoms with E-state index in [-0.39, 0.29) is 0 Å². The third-order valence-electron chi connectivity index (χ3n) is 3.03. The summed E-state index contributed by atoms with van der Waals surface area (Å²) in [6, 6.07) is 4.94. The second-order valence-electron chi connectivity index (χ2n) is 4.20. The van der Waals surface area contributed by atoms with Crippen LogP contribution in [0.3, 0.4) is 0 Å². The average molecular weight is 205 g/mol. The van der Waals surface area contributed by atoms with E-state index in [1.165, 1.54) is 25.1 Å². The second-order valence-corrected chi connectivity index (χ2v) is 4.20. The minimum absolute atomic E-state index is 0.650. The van der Waals surface area contributed by atoms with Gasteiger partial charge in [0.05, 0.1) is 0 Å². The van der Waals surface area contributed by atoms with E-state index in [1.54, 1.807) is 0 Å². The molecule has 15 heavy (non-hydrogen) atoms. The fourth-order valence-electron chi connectivity index (χ4n) is 2.33. The van der Waals surface area contributed by atoms with E-state index in [0.717, 1.165) is 12.2 Å². The second kappa shape index (κ2) is 4.62. The molecule has 1 saturated heterocycles. The van der Waals surface area contributed by atoms with Gasteiger partial charge in [-0.15, -0.1) is 0 Å². The molecule has 0 saturated carbocycles. The van der Waals surface area contributed by atoms with Gasteiger partial charge >= 0.3 is 0 Å². The topological polar surface area (TPSA) is 28.2 Å². The number of nitrogens with zero attached hydrogens (tertiary/aromatic N) is 2. The number of hydrogen-bond acceptors (Lipinski definition) is 3. The molecule has 1 atom stereocenters. The molecule has 2 rings (SSSR count). The van der Waals surface area contributed by atoms with Crippen LogP contribution in [-0.2, 0) is 0 Å². The number of nitrogens with one attached hydrogen (secondary N) is 1. The third kappa shape index (κ3) is 2.29. The summed E-state index contributed by atoms with van der Waals surface area (Å²) in [5, 5.41) is 3.27. The molecule has 3 nitrogen and oxygen atoms in total. The molecule has 0 bridgehead atoms. The van der Waals surface area contributed by atoms with Crippen molar-refractivity contribution in [3.05, 3.63) is 24.0 Å². The molecule has 1 N–H and O–H groups in total. The summed E-state index contributed by atoms with van der Waals surface area (Å²) < 4.78 is 0. The molecule has 1 fully saturated rings. The molecule has 3 heteroatoms. The first-order valence-corrected chi connectivity index (χ1v) is 5.65. The van der Waals surface area contributed by atoms with Crippen molar-refractivity contribution in [1.29, 1.82) is 0 Å². The van der Waals surface area contributed by atoms with Crippen molar-refractivity contribution in [3.8, 4) is 0 Å². The zero-order valence-electron chi connectivity index (χ0n) is 9.53. The predicted octanol–water partition coefficient (Wildman–Crippen LogP) is 1.58. The number of aryl methyl sites for hydroxylation is 1. The molecule has 82 valence electrons. The van der Waals surface area contributed by atoms with Crippen LogP contribution in [0.4, 0.5) is 5.69 Å². The standard InChI is InChI=1S/C12H19N3/c1-10-8-11(5-6-14-10)15-7-3-4-12(15)9-13-2/h5-6,8,12-13H,3-4,7,9H2,1-2H3. The smallest absolute Gasteiger partial charge is 0.0415 e. The van der Waals surface area contributed by atoms with Crippen LogP contribution < -0.4 is 10.2 Å². The van der Waals surface area contributed by atoms with E-state index >= 15 is 0 Å². The molecule has 1 aromatic heterocycles. The van der Waals surface area contributed by atoms with E-state index in [4.69, 9.17) is 0 Å². The van der Waals surface area contributed by atoms with Crippen molar-refractivity contribution in [3.63, 3.8) is 0 Å². The Balaban J connectivity index is 2.15. The normalized spacial score (nSPS) is 20.9. The van der Waals surface area contributed by atoms with Crippen LogP contribution in [-0.4, -0.2) is 31.2 Å². The largest absolute Gasteiger partial charge is 0.367 e. The lowest BCUT2D eigenvalue weighted by molar-refractivity contribution is 0.615. The zero-order chi connectivity index (χ0) is 10.7. The van der Waals surface area contributed by atoms with Crippen LogP contribution >= 0.6 is 0 Å². The number of rotatable bonds is 3. The van der Waals surface area contributed by atoms with Crippen LogP contribution in [0.2, 0.25) is 0 Å². The lowest BCUT2D eigenvalue weighted by atomic mass is 10.2. The Hall–Kier alpha value is -1.09. The number of anilines is 1. The highest BCUT2D eigenvalue weighted by Gasteiger charge is 2.23. The molecule has 0 aliphatic carbocycles. The molecular formula is C12H19N3. The summed E-state index contributed by atoms with van der Waals surface area (Å²) in [4.78, 5) is 6.73. The van der Waals surface area contributed by atoms with Gasteiger partial charge in [-0.3, -0.25) is 4.98 Å². The van der Waals surface area contributed by atoms with Gasteiger partial charge in [0.15, 0.2) is 0 Å². The SMILES string of the molecule is CNCC1CCCN1c1ccnc(C)c1. The summed E-state index contributed by atoms with van der Waals surface area (Å²) in [5.74, 6) is 0. The van der Waals surface area contributed by atoms with Crippen molar-refractivity contribution in [2.45, 2.75) is 25.8 Å². The minimum atomic E-state index is 0.650. The van der Waals surface area contributed by atoms with E-state index < -0.39 is 0 Å². The first-order chi connectivity index (χ1) is 7.31. The Morgan fingerprint density at radius 2 is 2.47 bits per heavy atom. The quantitative estimate of drug-likeness (QED) is 0.812. The van der Waals surface area contributed by atoms with Gasteiger partial charge in [0, 0.05) is 36.7 Å². The summed E-state index contributed by atoms with van der Waals surface area (Å²) in [7, 11) is 2.02. The average Bonchev–Trinajstić information content (AvgIpc) is 2.66. The lowest BCUT2D eigenvalue weighted by Crippen LogP contribution is -2.36. The fraction of sp³-hybridized carbons (Fsp3) is 0.583.